The first kappa shape index (κ1) is 12.0. The minimum Gasteiger partial charge on any atom is -0.477 e. The van der Waals surface area contributed by atoms with Gasteiger partial charge in [-0.2, -0.15) is 0 Å². The van der Waals surface area contributed by atoms with Gasteiger partial charge in [-0.25, -0.2) is 4.79 Å². The van der Waals surface area contributed by atoms with Gasteiger partial charge in [0.1, 0.15) is 12.1 Å². The number of amides is 1. The van der Waals surface area contributed by atoms with Crippen molar-refractivity contribution in [3.05, 3.63) is 33.7 Å². The number of carboxylic acids is 1. The van der Waals surface area contributed by atoms with Crippen molar-refractivity contribution in [1.29, 1.82) is 0 Å². The maximum absolute atomic E-state index is 11.7. The van der Waals surface area contributed by atoms with Crippen molar-refractivity contribution >= 4 is 11.9 Å². The van der Waals surface area contributed by atoms with E-state index in [-0.39, 0.29) is 18.0 Å². The molecule has 0 radical (unpaired) electrons. The van der Waals surface area contributed by atoms with Gasteiger partial charge in [-0.15, -0.1) is 0 Å². The number of aromatic nitrogens is 1. The number of carbonyl (C=O) groups is 2. The van der Waals surface area contributed by atoms with Gasteiger partial charge in [-0.3, -0.25) is 9.59 Å². The topological polar surface area (TPSA) is 88.4 Å². The predicted molar refractivity (Wildman–Crippen MR) is 56.5 cm³/mol. The van der Waals surface area contributed by atoms with Crippen molar-refractivity contribution in [2.75, 3.05) is 7.05 Å². The summed E-state index contributed by atoms with van der Waals surface area (Å²) in [5.41, 5.74) is -0.468. The average molecular weight is 224 g/mol. The van der Waals surface area contributed by atoms with Gasteiger partial charge >= 0.3 is 5.97 Å². The van der Waals surface area contributed by atoms with Crippen LogP contribution < -0.4 is 10.9 Å². The lowest BCUT2D eigenvalue weighted by molar-refractivity contribution is -0.121. The smallest absolute Gasteiger partial charge is 0.341 e. The van der Waals surface area contributed by atoms with Crippen molar-refractivity contribution in [2.24, 2.45) is 0 Å². The van der Waals surface area contributed by atoms with E-state index in [0.717, 1.165) is 4.57 Å². The Morgan fingerprint density at radius 3 is 2.56 bits per heavy atom. The molecule has 0 spiro atoms. The van der Waals surface area contributed by atoms with Crippen LogP contribution in [0, 0.1) is 6.92 Å². The third kappa shape index (κ3) is 2.28. The molecule has 86 valence electrons. The molecule has 0 fully saturated rings. The lowest BCUT2D eigenvalue weighted by Crippen LogP contribution is -2.33. The number of pyridine rings is 1. The molecule has 2 N–H and O–H groups in total. The summed E-state index contributed by atoms with van der Waals surface area (Å²) in [6.07, 6.45) is 0. The van der Waals surface area contributed by atoms with Crippen LogP contribution in [0.25, 0.3) is 0 Å². The largest absolute Gasteiger partial charge is 0.477 e. The fourth-order valence-electron chi connectivity index (χ4n) is 1.25. The Morgan fingerprint density at radius 2 is 2.06 bits per heavy atom. The zero-order valence-electron chi connectivity index (χ0n) is 8.98. The molecule has 6 nitrogen and oxygen atoms in total. The first-order valence-electron chi connectivity index (χ1n) is 4.61. The highest BCUT2D eigenvalue weighted by Crippen LogP contribution is 1.98. The van der Waals surface area contributed by atoms with Crippen molar-refractivity contribution in [1.82, 2.24) is 9.88 Å². The number of likely N-dealkylation sites (N-methyl/N-ethyl adjacent to an activating group) is 1. The number of nitrogens with zero attached hydrogens (tertiary/aromatic N) is 1. The van der Waals surface area contributed by atoms with Crippen LogP contribution in [0.1, 0.15) is 16.1 Å². The van der Waals surface area contributed by atoms with Crippen LogP contribution in [-0.2, 0) is 11.3 Å². The number of carbonyl (C=O) groups excluding carboxylic acids is 1. The Kier molecular flexibility index (Phi) is 3.44. The normalized spacial score (nSPS) is 9.88. The Hall–Kier alpha value is -2.11. The van der Waals surface area contributed by atoms with Gasteiger partial charge in [-0.1, -0.05) is 0 Å². The summed E-state index contributed by atoms with van der Waals surface area (Å²) < 4.78 is 1.13. The average Bonchev–Trinajstić information content (AvgIpc) is 2.23. The highest BCUT2D eigenvalue weighted by atomic mass is 16.4. The van der Waals surface area contributed by atoms with Crippen molar-refractivity contribution in [2.45, 2.75) is 13.5 Å². The van der Waals surface area contributed by atoms with Gasteiger partial charge in [-0.05, 0) is 19.1 Å². The zero-order chi connectivity index (χ0) is 12.3. The highest BCUT2D eigenvalue weighted by molar-refractivity contribution is 5.87. The summed E-state index contributed by atoms with van der Waals surface area (Å²) in [7, 11) is 1.45. The first-order valence-corrected chi connectivity index (χ1v) is 4.61. The van der Waals surface area contributed by atoms with Crippen LogP contribution in [0.15, 0.2) is 16.9 Å². The Morgan fingerprint density at radius 1 is 1.44 bits per heavy atom. The van der Waals surface area contributed by atoms with E-state index < -0.39 is 11.5 Å². The zero-order valence-corrected chi connectivity index (χ0v) is 8.98. The van der Waals surface area contributed by atoms with E-state index in [1.165, 1.54) is 19.2 Å². The van der Waals surface area contributed by atoms with E-state index in [9.17, 15) is 14.4 Å². The number of aryl methyl sites for hydroxylation is 1. The highest BCUT2D eigenvalue weighted by Gasteiger charge is 2.13. The van der Waals surface area contributed by atoms with Crippen LogP contribution in [0.5, 0.6) is 0 Å². The molecule has 0 aliphatic heterocycles. The molecule has 6 heteroatoms. The van der Waals surface area contributed by atoms with Gasteiger partial charge in [0.15, 0.2) is 0 Å². The molecular weight excluding hydrogens is 212 g/mol. The Labute approximate surface area is 91.5 Å². The van der Waals surface area contributed by atoms with Crippen LogP contribution in [0.4, 0.5) is 0 Å². The standard InChI is InChI=1S/C10H12N2O4/c1-6-3-4-7(10(15)16)9(14)12(6)5-8(13)11-2/h3-4H,5H2,1-2H3,(H,11,13)(H,15,16). The predicted octanol–water partition coefficient (Wildman–Crippen LogP) is -0.399. The SMILES string of the molecule is CNC(=O)Cn1c(C)ccc(C(=O)O)c1=O. The molecular formula is C10H12N2O4. The van der Waals surface area contributed by atoms with Gasteiger partial charge in [0.25, 0.3) is 5.56 Å². The molecule has 0 bridgehead atoms. The maximum Gasteiger partial charge on any atom is 0.341 e. The van der Waals surface area contributed by atoms with Gasteiger partial charge in [0.2, 0.25) is 5.91 Å². The summed E-state index contributed by atoms with van der Waals surface area (Å²) in [6, 6.07) is 2.73. The summed E-state index contributed by atoms with van der Waals surface area (Å²) >= 11 is 0. The number of nitrogens with one attached hydrogen (secondary N) is 1. The molecule has 1 aromatic rings. The van der Waals surface area contributed by atoms with E-state index in [4.69, 9.17) is 5.11 Å². The maximum atomic E-state index is 11.7. The third-order valence-corrected chi connectivity index (χ3v) is 2.20. The molecule has 0 aromatic carbocycles. The van der Waals surface area contributed by atoms with Crippen LogP contribution >= 0.6 is 0 Å². The van der Waals surface area contributed by atoms with Crippen LogP contribution in [-0.4, -0.2) is 28.6 Å². The quantitative estimate of drug-likeness (QED) is 0.731. The number of aromatic carboxylic acids is 1. The summed E-state index contributed by atoms with van der Waals surface area (Å²) in [4.78, 5) is 33.6. The van der Waals surface area contributed by atoms with Crippen molar-refractivity contribution in [3.8, 4) is 0 Å². The van der Waals surface area contributed by atoms with Crippen molar-refractivity contribution in [3.63, 3.8) is 0 Å². The van der Waals surface area contributed by atoms with Crippen LogP contribution in [0.3, 0.4) is 0 Å². The van der Waals surface area contributed by atoms with E-state index in [0.29, 0.717) is 5.69 Å². The number of rotatable bonds is 3. The summed E-state index contributed by atoms with van der Waals surface area (Å²) in [5.74, 6) is -1.65. The monoisotopic (exact) mass is 224 g/mol. The molecule has 0 unspecified atom stereocenters. The lowest BCUT2D eigenvalue weighted by atomic mass is 10.2. The third-order valence-electron chi connectivity index (χ3n) is 2.20. The summed E-state index contributed by atoms with van der Waals surface area (Å²) in [6.45, 7) is 1.46. The second-order valence-corrected chi connectivity index (χ2v) is 3.26. The second-order valence-electron chi connectivity index (χ2n) is 3.26. The molecule has 0 atom stereocenters. The van der Waals surface area contributed by atoms with Crippen LogP contribution in [0.2, 0.25) is 0 Å². The fourth-order valence-corrected chi connectivity index (χ4v) is 1.25. The first-order chi connectivity index (χ1) is 7.47. The Bertz CT molecular complexity index is 490. The molecule has 0 aliphatic carbocycles. The molecule has 16 heavy (non-hydrogen) atoms. The lowest BCUT2D eigenvalue weighted by Gasteiger charge is -2.09. The summed E-state index contributed by atoms with van der Waals surface area (Å²) in [5, 5.41) is 11.1. The molecule has 1 aromatic heterocycles. The Balaban J connectivity index is 3.27. The van der Waals surface area contributed by atoms with E-state index >= 15 is 0 Å². The molecule has 1 amide bonds. The molecule has 1 rings (SSSR count). The molecule has 1 heterocycles. The minimum absolute atomic E-state index is 0.178. The van der Waals surface area contributed by atoms with Gasteiger partial charge in [0.05, 0.1) is 0 Å². The van der Waals surface area contributed by atoms with Gasteiger partial charge < -0.3 is 15.0 Å². The van der Waals surface area contributed by atoms with E-state index in [1.54, 1.807) is 6.92 Å². The second kappa shape index (κ2) is 4.61. The molecule has 0 saturated heterocycles. The van der Waals surface area contributed by atoms with Gasteiger partial charge in [0, 0.05) is 12.7 Å². The van der Waals surface area contributed by atoms with E-state index in [1.807, 2.05) is 0 Å². The number of carboxylic acid groups (broad SMARTS) is 1. The minimum atomic E-state index is -1.30. The number of hydrogen-bond donors (Lipinski definition) is 2. The van der Waals surface area contributed by atoms with E-state index in [2.05, 4.69) is 5.32 Å². The molecule has 0 saturated carbocycles. The molecule has 0 aliphatic rings. The fraction of sp³-hybridized carbons (Fsp3) is 0.300. The van der Waals surface area contributed by atoms with Crippen molar-refractivity contribution < 1.29 is 14.7 Å². The number of hydrogen-bond acceptors (Lipinski definition) is 3.